The second kappa shape index (κ2) is 6.25. The van der Waals surface area contributed by atoms with Gasteiger partial charge in [0.1, 0.15) is 12.4 Å². The van der Waals surface area contributed by atoms with Crippen molar-refractivity contribution in [2.45, 2.75) is 78.4 Å². The number of rotatable bonds is 6. The molecule has 20 heavy (non-hydrogen) atoms. The van der Waals surface area contributed by atoms with Crippen LogP contribution in [-0.4, -0.2) is 19.9 Å². The molecule has 1 aliphatic carbocycles. The molecule has 0 spiro atoms. The van der Waals surface area contributed by atoms with Gasteiger partial charge in [-0.05, 0) is 31.1 Å². The van der Waals surface area contributed by atoms with E-state index in [0.29, 0.717) is 11.8 Å². The van der Waals surface area contributed by atoms with E-state index >= 15 is 0 Å². The van der Waals surface area contributed by atoms with Gasteiger partial charge in [0, 0.05) is 12.0 Å². The van der Waals surface area contributed by atoms with Gasteiger partial charge in [-0.2, -0.15) is 0 Å². The average molecular weight is 279 g/mol. The first kappa shape index (κ1) is 15.5. The topological polar surface area (TPSA) is 50.9 Å². The van der Waals surface area contributed by atoms with Gasteiger partial charge >= 0.3 is 0 Å². The summed E-state index contributed by atoms with van der Waals surface area (Å²) >= 11 is 0. The fourth-order valence-electron chi connectivity index (χ4n) is 3.75. The van der Waals surface area contributed by atoms with Crippen molar-refractivity contribution in [1.29, 1.82) is 0 Å². The number of hydrogen-bond acceptors (Lipinski definition) is 3. The van der Waals surface area contributed by atoms with Gasteiger partial charge in [0.15, 0.2) is 5.82 Å². The maximum atomic E-state index is 9.53. The molecule has 0 aliphatic heterocycles. The number of aromatic nitrogens is 3. The lowest BCUT2D eigenvalue weighted by atomic mass is 9.77. The lowest BCUT2D eigenvalue weighted by molar-refractivity contribution is 0.256. The van der Waals surface area contributed by atoms with E-state index in [4.69, 9.17) is 0 Å². The Morgan fingerprint density at radius 3 is 2.25 bits per heavy atom. The zero-order valence-corrected chi connectivity index (χ0v) is 13.4. The highest BCUT2D eigenvalue weighted by Crippen LogP contribution is 2.45. The second-order valence-corrected chi connectivity index (χ2v) is 7.19. The van der Waals surface area contributed by atoms with Crippen molar-refractivity contribution in [3.8, 4) is 0 Å². The molecular formula is C16H29N3O. The third-order valence-electron chi connectivity index (χ3n) is 4.35. The molecule has 0 atom stereocenters. The molecule has 0 radical (unpaired) electrons. The van der Waals surface area contributed by atoms with Crippen molar-refractivity contribution in [2.75, 3.05) is 0 Å². The van der Waals surface area contributed by atoms with Crippen molar-refractivity contribution in [3.05, 3.63) is 11.6 Å². The highest BCUT2D eigenvalue weighted by atomic mass is 16.3. The summed E-state index contributed by atoms with van der Waals surface area (Å²) in [6.45, 7) is 9.87. The molecule has 0 bridgehead atoms. The normalized spacial score (nSPS) is 18.4. The molecular weight excluding hydrogens is 250 g/mol. The molecule has 4 nitrogen and oxygen atoms in total. The molecule has 1 aliphatic rings. The quantitative estimate of drug-likeness (QED) is 0.869. The van der Waals surface area contributed by atoms with E-state index in [-0.39, 0.29) is 12.0 Å². The van der Waals surface area contributed by atoms with Crippen molar-refractivity contribution in [3.63, 3.8) is 0 Å². The first-order valence-corrected chi connectivity index (χ1v) is 8.02. The Morgan fingerprint density at radius 1 is 1.10 bits per heavy atom. The minimum absolute atomic E-state index is 0.0164. The molecule has 1 aromatic rings. The molecule has 2 rings (SSSR count). The molecule has 0 unspecified atom stereocenters. The summed E-state index contributed by atoms with van der Waals surface area (Å²) in [6, 6.07) is 0. The SMILES string of the molecule is CC(C)Cn1c(CO)nnc1C1(CC(C)C)CCCC1. The molecule has 1 fully saturated rings. The standard InChI is InChI=1S/C16H29N3O/c1-12(2)9-16(7-5-6-8-16)15-18-17-14(11-20)19(15)10-13(3)4/h12-13,20H,5-11H2,1-4H3. The summed E-state index contributed by atoms with van der Waals surface area (Å²) in [5, 5.41) is 18.3. The third kappa shape index (κ3) is 3.05. The molecule has 4 heteroatoms. The first-order valence-electron chi connectivity index (χ1n) is 8.02. The van der Waals surface area contributed by atoms with Crippen LogP contribution < -0.4 is 0 Å². The maximum absolute atomic E-state index is 9.53. The van der Waals surface area contributed by atoms with E-state index in [9.17, 15) is 5.11 Å². The second-order valence-electron chi connectivity index (χ2n) is 7.19. The van der Waals surface area contributed by atoms with Crippen LogP contribution in [0.15, 0.2) is 0 Å². The lowest BCUT2D eigenvalue weighted by Crippen LogP contribution is -2.30. The van der Waals surface area contributed by atoms with Crippen molar-refractivity contribution >= 4 is 0 Å². The predicted molar refractivity (Wildman–Crippen MR) is 80.4 cm³/mol. The van der Waals surface area contributed by atoms with Crippen LogP contribution in [0.25, 0.3) is 0 Å². The summed E-state index contributed by atoms with van der Waals surface area (Å²) in [5.74, 6) is 3.05. The van der Waals surface area contributed by atoms with Crippen LogP contribution in [0.4, 0.5) is 0 Å². The molecule has 114 valence electrons. The van der Waals surface area contributed by atoms with E-state index < -0.39 is 0 Å². The lowest BCUT2D eigenvalue weighted by Gasteiger charge is -2.31. The van der Waals surface area contributed by atoms with Gasteiger partial charge < -0.3 is 9.67 Å². The van der Waals surface area contributed by atoms with Gasteiger partial charge in [0.2, 0.25) is 0 Å². The van der Waals surface area contributed by atoms with Gasteiger partial charge in [-0.1, -0.05) is 40.5 Å². The first-order chi connectivity index (χ1) is 9.48. The number of aliphatic hydroxyl groups is 1. The monoisotopic (exact) mass is 279 g/mol. The van der Waals surface area contributed by atoms with Gasteiger partial charge in [-0.3, -0.25) is 0 Å². The van der Waals surface area contributed by atoms with Crippen LogP contribution in [0.2, 0.25) is 0 Å². The Kier molecular flexibility index (Phi) is 4.84. The van der Waals surface area contributed by atoms with E-state index in [2.05, 4.69) is 42.5 Å². The zero-order chi connectivity index (χ0) is 14.8. The number of hydrogen-bond donors (Lipinski definition) is 1. The summed E-state index contributed by atoms with van der Waals surface area (Å²) in [5.41, 5.74) is 0.184. The van der Waals surface area contributed by atoms with Crippen LogP contribution in [0.5, 0.6) is 0 Å². The largest absolute Gasteiger partial charge is 0.388 e. The Bertz CT molecular complexity index is 431. The van der Waals surface area contributed by atoms with Crippen molar-refractivity contribution in [2.24, 2.45) is 11.8 Å². The van der Waals surface area contributed by atoms with Crippen LogP contribution in [-0.2, 0) is 18.6 Å². The minimum atomic E-state index is -0.0164. The zero-order valence-electron chi connectivity index (χ0n) is 13.4. The molecule has 0 saturated heterocycles. The van der Waals surface area contributed by atoms with E-state index in [1.165, 1.54) is 32.1 Å². The van der Waals surface area contributed by atoms with Gasteiger partial charge in [-0.15, -0.1) is 10.2 Å². The van der Waals surface area contributed by atoms with Gasteiger partial charge in [-0.25, -0.2) is 0 Å². The fraction of sp³-hybridized carbons (Fsp3) is 0.875. The van der Waals surface area contributed by atoms with Crippen molar-refractivity contribution < 1.29 is 5.11 Å². The van der Waals surface area contributed by atoms with Gasteiger partial charge in [0.25, 0.3) is 0 Å². The Balaban J connectivity index is 2.40. The van der Waals surface area contributed by atoms with Crippen LogP contribution in [0.1, 0.15) is 71.4 Å². The molecule has 0 amide bonds. The average Bonchev–Trinajstić information content (AvgIpc) is 2.95. The molecule has 1 N–H and O–H groups in total. The highest BCUT2D eigenvalue weighted by Gasteiger charge is 2.40. The summed E-state index contributed by atoms with van der Waals surface area (Å²) in [6.07, 6.45) is 6.18. The van der Waals surface area contributed by atoms with E-state index in [1.807, 2.05) is 0 Å². The number of aliphatic hydroxyl groups excluding tert-OH is 1. The highest BCUT2D eigenvalue weighted by molar-refractivity contribution is 5.13. The van der Waals surface area contributed by atoms with Crippen LogP contribution in [0, 0.1) is 11.8 Å². The minimum Gasteiger partial charge on any atom is -0.388 e. The summed E-state index contributed by atoms with van der Waals surface area (Å²) in [7, 11) is 0. The van der Waals surface area contributed by atoms with Gasteiger partial charge in [0.05, 0.1) is 0 Å². The fourth-order valence-corrected chi connectivity index (χ4v) is 3.75. The third-order valence-corrected chi connectivity index (χ3v) is 4.35. The number of nitrogens with zero attached hydrogens (tertiary/aromatic N) is 3. The van der Waals surface area contributed by atoms with Crippen molar-refractivity contribution in [1.82, 2.24) is 14.8 Å². The predicted octanol–water partition coefficient (Wildman–Crippen LogP) is 3.28. The Labute approximate surface area is 122 Å². The van der Waals surface area contributed by atoms with Crippen LogP contribution >= 0.6 is 0 Å². The summed E-state index contributed by atoms with van der Waals surface area (Å²) in [4.78, 5) is 0. The Hall–Kier alpha value is -0.900. The summed E-state index contributed by atoms with van der Waals surface area (Å²) < 4.78 is 2.19. The Morgan fingerprint density at radius 2 is 1.75 bits per heavy atom. The maximum Gasteiger partial charge on any atom is 0.158 e. The molecule has 1 heterocycles. The molecule has 1 aromatic heterocycles. The van der Waals surface area contributed by atoms with Crippen LogP contribution in [0.3, 0.4) is 0 Å². The molecule has 1 saturated carbocycles. The smallest absolute Gasteiger partial charge is 0.158 e. The van der Waals surface area contributed by atoms with E-state index in [1.54, 1.807) is 0 Å². The molecule has 0 aromatic carbocycles. The van der Waals surface area contributed by atoms with E-state index in [0.717, 1.165) is 18.2 Å².